The highest BCUT2D eigenvalue weighted by Gasteiger charge is 2.59. The van der Waals surface area contributed by atoms with Crippen LogP contribution < -0.4 is 4.74 Å². The molecular formula is C26H36O2. The third-order valence-corrected chi connectivity index (χ3v) is 9.73. The van der Waals surface area contributed by atoms with E-state index in [1.165, 1.54) is 50.5 Å². The van der Waals surface area contributed by atoms with Crippen molar-refractivity contribution in [3.05, 3.63) is 35.9 Å². The van der Waals surface area contributed by atoms with E-state index in [9.17, 15) is 5.11 Å². The van der Waals surface area contributed by atoms with Crippen molar-refractivity contribution in [3.63, 3.8) is 0 Å². The largest absolute Gasteiger partial charge is 0.497 e. The van der Waals surface area contributed by atoms with Gasteiger partial charge in [0.15, 0.2) is 0 Å². The van der Waals surface area contributed by atoms with Crippen LogP contribution in [0.25, 0.3) is 5.57 Å². The van der Waals surface area contributed by atoms with Crippen LogP contribution >= 0.6 is 0 Å². The average Bonchev–Trinajstić information content (AvgIpc) is 3.02. The van der Waals surface area contributed by atoms with E-state index >= 15 is 0 Å². The minimum absolute atomic E-state index is 0.0584. The van der Waals surface area contributed by atoms with Gasteiger partial charge in [-0.05, 0) is 109 Å². The van der Waals surface area contributed by atoms with Crippen LogP contribution in [0.3, 0.4) is 0 Å². The summed E-state index contributed by atoms with van der Waals surface area (Å²) in [5.41, 5.74) is 3.57. The second kappa shape index (κ2) is 6.62. The third kappa shape index (κ3) is 2.63. The van der Waals surface area contributed by atoms with Crippen molar-refractivity contribution in [1.29, 1.82) is 0 Å². The Bertz CT molecular complexity index is 765. The summed E-state index contributed by atoms with van der Waals surface area (Å²) in [5.74, 6) is 4.20. The number of aliphatic hydroxyl groups is 1. The highest BCUT2D eigenvalue weighted by atomic mass is 16.5. The van der Waals surface area contributed by atoms with Crippen molar-refractivity contribution < 1.29 is 9.84 Å². The molecule has 1 aromatic rings. The number of benzene rings is 1. The maximum atomic E-state index is 10.7. The average molecular weight is 381 g/mol. The number of fused-ring (bicyclic) bond motifs is 5. The first-order valence-corrected chi connectivity index (χ1v) is 11.5. The number of methoxy groups -OCH3 is 1. The van der Waals surface area contributed by atoms with Crippen LogP contribution in [0.2, 0.25) is 0 Å². The molecule has 0 heterocycles. The van der Waals surface area contributed by atoms with Crippen molar-refractivity contribution in [1.82, 2.24) is 0 Å². The molecule has 7 atom stereocenters. The van der Waals surface area contributed by atoms with E-state index in [2.05, 4.69) is 44.2 Å². The lowest BCUT2D eigenvalue weighted by molar-refractivity contribution is -0.108. The van der Waals surface area contributed by atoms with Gasteiger partial charge in [-0.25, -0.2) is 0 Å². The van der Waals surface area contributed by atoms with Crippen molar-refractivity contribution in [3.8, 4) is 5.75 Å². The van der Waals surface area contributed by atoms with Gasteiger partial charge in [0.25, 0.3) is 0 Å². The molecular weight excluding hydrogens is 344 g/mol. The quantitative estimate of drug-likeness (QED) is 0.672. The Kier molecular flexibility index (Phi) is 4.43. The van der Waals surface area contributed by atoms with Gasteiger partial charge in [-0.1, -0.05) is 32.1 Å². The van der Waals surface area contributed by atoms with Crippen LogP contribution in [-0.2, 0) is 0 Å². The Morgan fingerprint density at radius 2 is 1.68 bits per heavy atom. The number of hydrogen-bond acceptors (Lipinski definition) is 2. The van der Waals surface area contributed by atoms with E-state index in [-0.39, 0.29) is 11.5 Å². The van der Waals surface area contributed by atoms with Gasteiger partial charge in [0.1, 0.15) is 5.75 Å². The highest BCUT2D eigenvalue weighted by Crippen LogP contribution is 2.66. The predicted molar refractivity (Wildman–Crippen MR) is 114 cm³/mol. The van der Waals surface area contributed by atoms with Gasteiger partial charge in [-0.2, -0.15) is 0 Å². The number of aliphatic hydroxyl groups excluding tert-OH is 1. The minimum atomic E-state index is -0.0584. The molecule has 0 aliphatic heterocycles. The molecule has 1 N–H and O–H groups in total. The van der Waals surface area contributed by atoms with Gasteiger partial charge in [0.05, 0.1) is 13.2 Å². The Balaban J connectivity index is 1.40. The second-order valence-corrected chi connectivity index (χ2v) is 10.7. The zero-order valence-electron chi connectivity index (χ0n) is 17.8. The van der Waals surface area contributed by atoms with E-state index < -0.39 is 0 Å². The molecule has 1 aromatic carbocycles. The molecule has 4 aliphatic carbocycles. The summed E-state index contributed by atoms with van der Waals surface area (Å²) in [5, 5.41) is 10.7. The van der Waals surface area contributed by atoms with Gasteiger partial charge in [-0.3, -0.25) is 0 Å². The first-order chi connectivity index (χ1) is 13.5. The van der Waals surface area contributed by atoms with Gasteiger partial charge in [-0.15, -0.1) is 0 Å². The monoisotopic (exact) mass is 380 g/mol. The van der Waals surface area contributed by atoms with E-state index in [4.69, 9.17) is 4.74 Å². The maximum Gasteiger partial charge on any atom is 0.118 e. The lowest BCUT2D eigenvalue weighted by atomic mass is 9.45. The fraction of sp³-hybridized carbons (Fsp3) is 0.692. The van der Waals surface area contributed by atoms with Gasteiger partial charge >= 0.3 is 0 Å². The third-order valence-electron chi connectivity index (χ3n) is 9.73. The molecule has 2 nitrogen and oxygen atoms in total. The van der Waals surface area contributed by atoms with Crippen LogP contribution in [0, 0.1) is 34.5 Å². The van der Waals surface area contributed by atoms with Crippen LogP contribution in [0.5, 0.6) is 5.75 Å². The van der Waals surface area contributed by atoms with Crippen LogP contribution in [0.1, 0.15) is 70.8 Å². The first-order valence-electron chi connectivity index (χ1n) is 11.5. The predicted octanol–water partition coefficient (Wildman–Crippen LogP) is 6.09. The summed E-state index contributed by atoms with van der Waals surface area (Å²) in [6.07, 6.45) is 12.6. The zero-order chi connectivity index (χ0) is 19.5. The number of allylic oxidation sites excluding steroid dienone is 2. The molecule has 0 aromatic heterocycles. The van der Waals surface area contributed by atoms with E-state index in [0.717, 1.165) is 35.8 Å². The molecule has 2 heteroatoms. The van der Waals surface area contributed by atoms with Gasteiger partial charge in [0, 0.05) is 0 Å². The first kappa shape index (κ1) is 18.7. The summed E-state index contributed by atoms with van der Waals surface area (Å²) < 4.78 is 5.33. The fourth-order valence-corrected chi connectivity index (χ4v) is 7.89. The van der Waals surface area contributed by atoms with Crippen molar-refractivity contribution in [2.75, 3.05) is 7.11 Å². The second-order valence-electron chi connectivity index (χ2n) is 10.7. The molecule has 0 amide bonds. The lowest BCUT2D eigenvalue weighted by Crippen LogP contribution is -2.53. The highest BCUT2D eigenvalue weighted by molar-refractivity contribution is 5.67. The molecule has 28 heavy (non-hydrogen) atoms. The van der Waals surface area contributed by atoms with Crippen molar-refractivity contribution in [2.24, 2.45) is 34.5 Å². The molecule has 0 bridgehead atoms. The summed E-state index contributed by atoms with van der Waals surface area (Å²) >= 11 is 0. The molecule has 3 fully saturated rings. The van der Waals surface area contributed by atoms with E-state index in [0.29, 0.717) is 5.41 Å². The molecule has 0 spiro atoms. The molecule has 0 radical (unpaired) electrons. The Labute approximate surface area is 170 Å². The number of hydrogen-bond donors (Lipinski definition) is 1. The smallest absolute Gasteiger partial charge is 0.118 e. The van der Waals surface area contributed by atoms with Crippen molar-refractivity contribution >= 4 is 5.57 Å². The lowest BCUT2D eigenvalue weighted by Gasteiger charge is -2.59. The van der Waals surface area contributed by atoms with E-state index in [1.54, 1.807) is 12.7 Å². The SMILES string of the molecule is COc1ccc(C2=CCC3(C)C(CCC4C5CCC(O)C5(C)CCC43)C2)cc1. The Hall–Kier alpha value is -1.28. The number of rotatable bonds is 2. The standard InChI is InChI=1S/C26H36O2/c1-25-14-12-18(17-4-7-20(28-3)8-5-17)16-19(25)6-9-21-22-10-11-24(27)26(22,2)15-13-23(21)25/h4-5,7-8,12,19,21-24,27H,6,9-11,13-16H2,1-3H3. The van der Waals surface area contributed by atoms with Crippen LogP contribution in [0.15, 0.2) is 30.3 Å². The van der Waals surface area contributed by atoms with Gasteiger partial charge < -0.3 is 9.84 Å². The molecule has 7 unspecified atom stereocenters. The number of ether oxygens (including phenoxy) is 1. The molecule has 0 saturated heterocycles. The van der Waals surface area contributed by atoms with Gasteiger partial charge in [0.2, 0.25) is 0 Å². The Morgan fingerprint density at radius 3 is 2.43 bits per heavy atom. The van der Waals surface area contributed by atoms with Crippen LogP contribution in [0.4, 0.5) is 0 Å². The normalized spacial score (nSPS) is 44.9. The minimum Gasteiger partial charge on any atom is -0.497 e. The summed E-state index contributed by atoms with van der Waals surface area (Å²) in [7, 11) is 1.73. The Morgan fingerprint density at radius 1 is 0.929 bits per heavy atom. The molecule has 3 saturated carbocycles. The topological polar surface area (TPSA) is 29.5 Å². The zero-order valence-corrected chi connectivity index (χ0v) is 17.8. The molecule has 152 valence electrons. The summed E-state index contributed by atoms with van der Waals surface area (Å²) in [6.45, 7) is 4.99. The summed E-state index contributed by atoms with van der Waals surface area (Å²) in [6, 6.07) is 8.64. The molecule has 5 rings (SSSR count). The van der Waals surface area contributed by atoms with Crippen LogP contribution in [-0.4, -0.2) is 18.3 Å². The van der Waals surface area contributed by atoms with Crippen molar-refractivity contribution in [2.45, 2.75) is 71.3 Å². The fourth-order valence-electron chi connectivity index (χ4n) is 7.89. The van der Waals surface area contributed by atoms with E-state index in [1.807, 2.05) is 0 Å². The summed E-state index contributed by atoms with van der Waals surface area (Å²) in [4.78, 5) is 0. The molecule has 4 aliphatic rings. The maximum absolute atomic E-state index is 10.7.